The molecule has 0 aromatic heterocycles. The van der Waals surface area contributed by atoms with Crippen LogP contribution in [0.1, 0.15) is 12.5 Å². The molecule has 0 saturated heterocycles. The van der Waals surface area contributed by atoms with Gasteiger partial charge in [0.05, 0.1) is 11.4 Å². The lowest BCUT2D eigenvalue weighted by Crippen LogP contribution is -2.33. The van der Waals surface area contributed by atoms with Gasteiger partial charge in [0, 0.05) is 29.0 Å². The van der Waals surface area contributed by atoms with Gasteiger partial charge in [-0.15, -0.1) is 0 Å². The zero-order valence-corrected chi connectivity index (χ0v) is 18.8. The molecule has 0 spiro atoms. The van der Waals surface area contributed by atoms with E-state index in [1.807, 2.05) is 23.4 Å². The van der Waals surface area contributed by atoms with Crippen molar-refractivity contribution in [3.63, 3.8) is 0 Å². The number of carbonyl (C=O) groups excluding carboxylic acids is 1. The molecule has 3 aromatic rings. The summed E-state index contributed by atoms with van der Waals surface area (Å²) in [6.07, 6.45) is 0. The number of nitrogens with two attached hydrogens (primary N) is 1. The molecule has 3 aromatic carbocycles. The van der Waals surface area contributed by atoms with Crippen LogP contribution in [0.25, 0.3) is 11.1 Å². The average molecular weight is 468 g/mol. The van der Waals surface area contributed by atoms with Gasteiger partial charge in [-0.1, -0.05) is 42.5 Å². The SMILES string of the molecule is CCN(CC(=O)Nc1ccc(-c2ccccc2S(N)(=O)=O)cc1)c1cccc(C(=N)NO)c1. The molecule has 33 heavy (non-hydrogen) atoms. The highest BCUT2D eigenvalue weighted by atomic mass is 32.2. The van der Waals surface area contributed by atoms with E-state index in [1.165, 1.54) is 6.07 Å². The minimum atomic E-state index is -3.87. The molecule has 0 bridgehead atoms. The summed E-state index contributed by atoms with van der Waals surface area (Å²) in [6, 6.07) is 20.2. The number of amides is 1. The third kappa shape index (κ3) is 5.95. The smallest absolute Gasteiger partial charge is 0.243 e. The maximum Gasteiger partial charge on any atom is 0.243 e. The van der Waals surface area contributed by atoms with Crippen molar-refractivity contribution in [1.82, 2.24) is 5.48 Å². The number of sulfonamides is 1. The molecule has 6 N–H and O–H groups in total. The molecule has 0 aliphatic carbocycles. The molecule has 172 valence electrons. The molecular weight excluding hydrogens is 442 g/mol. The summed E-state index contributed by atoms with van der Waals surface area (Å²) >= 11 is 0. The van der Waals surface area contributed by atoms with Gasteiger partial charge in [-0.2, -0.15) is 0 Å². The van der Waals surface area contributed by atoms with Gasteiger partial charge in [0.15, 0.2) is 0 Å². The Balaban J connectivity index is 1.72. The maximum atomic E-state index is 12.6. The first-order chi connectivity index (χ1) is 15.7. The van der Waals surface area contributed by atoms with E-state index in [4.69, 9.17) is 15.8 Å². The number of rotatable bonds is 8. The summed E-state index contributed by atoms with van der Waals surface area (Å²) in [7, 11) is -3.87. The predicted molar refractivity (Wildman–Crippen MR) is 128 cm³/mol. The molecule has 0 aliphatic rings. The molecular formula is C23H25N5O4S. The zero-order valence-electron chi connectivity index (χ0n) is 17.9. The number of carbonyl (C=O) groups is 1. The number of anilines is 2. The second-order valence-corrected chi connectivity index (χ2v) is 8.75. The summed E-state index contributed by atoms with van der Waals surface area (Å²) in [4.78, 5) is 14.5. The number of nitrogens with one attached hydrogen (secondary N) is 3. The van der Waals surface area contributed by atoms with E-state index >= 15 is 0 Å². The third-order valence-electron chi connectivity index (χ3n) is 5.00. The monoisotopic (exact) mass is 467 g/mol. The number of hydroxylamine groups is 1. The number of nitrogens with zero attached hydrogens (tertiary/aromatic N) is 1. The van der Waals surface area contributed by atoms with Crippen molar-refractivity contribution in [2.75, 3.05) is 23.3 Å². The third-order valence-corrected chi connectivity index (χ3v) is 5.97. The van der Waals surface area contributed by atoms with Crippen molar-refractivity contribution in [3.05, 3.63) is 78.4 Å². The van der Waals surface area contributed by atoms with E-state index in [0.29, 0.717) is 28.9 Å². The van der Waals surface area contributed by atoms with Crippen LogP contribution in [0.5, 0.6) is 0 Å². The van der Waals surface area contributed by atoms with Crippen LogP contribution in [0.3, 0.4) is 0 Å². The van der Waals surface area contributed by atoms with Crippen molar-refractivity contribution in [2.45, 2.75) is 11.8 Å². The Labute approximate surface area is 192 Å². The number of amidine groups is 1. The Bertz CT molecular complexity index is 1260. The van der Waals surface area contributed by atoms with Gasteiger partial charge in [-0.3, -0.25) is 20.9 Å². The van der Waals surface area contributed by atoms with Crippen LogP contribution in [-0.2, 0) is 14.8 Å². The van der Waals surface area contributed by atoms with Crippen molar-refractivity contribution >= 4 is 33.1 Å². The van der Waals surface area contributed by atoms with Crippen LogP contribution >= 0.6 is 0 Å². The van der Waals surface area contributed by atoms with E-state index in [1.54, 1.807) is 60.7 Å². The average Bonchev–Trinajstić information content (AvgIpc) is 2.82. The zero-order chi connectivity index (χ0) is 24.0. The highest BCUT2D eigenvalue weighted by Gasteiger charge is 2.15. The van der Waals surface area contributed by atoms with Gasteiger partial charge in [0.2, 0.25) is 15.9 Å². The van der Waals surface area contributed by atoms with Gasteiger partial charge in [0.25, 0.3) is 0 Å². The highest BCUT2D eigenvalue weighted by Crippen LogP contribution is 2.27. The van der Waals surface area contributed by atoms with E-state index in [9.17, 15) is 13.2 Å². The Hall–Kier alpha value is -3.73. The second kappa shape index (κ2) is 10.3. The maximum absolute atomic E-state index is 12.6. The first-order valence-electron chi connectivity index (χ1n) is 10.1. The lowest BCUT2D eigenvalue weighted by molar-refractivity contribution is -0.115. The standard InChI is InChI=1S/C23H25N5O4S/c1-2-28(19-7-5-6-17(14-19)23(24)27-30)15-22(29)26-18-12-10-16(11-13-18)20-8-3-4-9-21(20)33(25,31)32/h3-14,30H,2,15H2,1H3,(H2,24,27)(H,26,29)(H2,25,31,32). The van der Waals surface area contributed by atoms with Crippen LogP contribution in [0.2, 0.25) is 0 Å². The van der Waals surface area contributed by atoms with Gasteiger partial charge >= 0.3 is 0 Å². The molecule has 1 amide bonds. The molecule has 0 heterocycles. The molecule has 10 heteroatoms. The quantitative estimate of drug-likeness (QED) is 0.195. The fraction of sp³-hybridized carbons (Fsp3) is 0.130. The molecule has 3 rings (SSSR count). The highest BCUT2D eigenvalue weighted by molar-refractivity contribution is 7.89. The molecule has 0 fully saturated rings. The van der Waals surface area contributed by atoms with Crippen LogP contribution in [0.4, 0.5) is 11.4 Å². The molecule has 0 radical (unpaired) electrons. The minimum absolute atomic E-state index is 0.0343. The fourth-order valence-corrected chi connectivity index (χ4v) is 4.13. The lowest BCUT2D eigenvalue weighted by Gasteiger charge is -2.23. The summed E-state index contributed by atoms with van der Waals surface area (Å²) < 4.78 is 23.7. The predicted octanol–water partition coefficient (Wildman–Crippen LogP) is 2.77. The van der Waals surface area contributed by atoms with Crippen molar-refractivity contribution < 1.29 is 18.4 Å². The van der Waals surface area contributed by atoms with Gasteiger partial charge in [0.1, 0.15) is 5.84 Å². The molecule has 9 nitrogen and oxygen atoms in total. The largest absolute Gasteiger partial charge is 0.362 e. The number of hydrogen-bond acceptors (Lipinski definition) is 6. The summed E-state index contributed by atoms with van der Waals surface area (Å²) in [5.74, 6) is -0.378. The van der Waals surface area contributed by atoms with Crippen molar-refractivity contribution in [3.8, 4) is 11.1 Å². The van der Waals surface area contributed by atoms with Gasteiger partial charge in [-0.25, -0.2) is 13.6 Å². The Morgan fingerprint density at radius 3 is 2.39 bits per heavy atom. The number of likely N-dealkylation sites (N-methyl/N-ethyl adjacent to an activating group) is 1. The van der Waals surface area contributed by atoms with E-state index in [0.717, 1.165) is 5.69 Å². The van der Waals surface area contributed by atoms with Gasteiger partial charge in [-0.05, 0) is 42.8 Å². The topological polar surface area (TPSA) is 149 Å². The minimum Gasteiger partial charge on any atom is -0.362 e. The lowest BCUT2D eigenvalue weighted by atomic mass is 10.1. The first-order valence-corrected chi connectivity index (χ1v) is 11.6. The number of benzene rings is 3. The summed E-state index contributed by atoms with van der Waals surface area (Å²) in [5.41, 5.74) is 4.74. The molecule has 0 unspecified atom stereocenters. The van der Waals surface area contributed by atoms with E-state index in [2.05, 4.69) is 5.32 Å². The van der Waals surface area contributed by atoms with Gasteiger partial charge < -0.3 is 10.2 Å². The Morgan fingerprint density at radius 1 is 1.06 bits per heavy atom. The Morgan fingerprint density at radius 2 is 1.76 bits per heavy atom. The van der Waals surface area contributed by atoms with Crippen LogP contribution in [0.15, 0.2) is 77.7 Å². The number of hydrogen-bond donors (Lipinski definition) is 5. The number of primary sulfonamides is 1. The Kier molecular flexibility index (Phi) is 7.44. The second-order valence-electron chi connectivity index (χ2n) is 7.22. The fourth-order valence-electron chi connectivity index (χ4n) is 3.37. The van der Waals surface area contributed by atoms with Crippen LogP contribution in [-0.4, -0.2) is 38.5 Å². The normalized spacial score (nSPS) is 11.0. The van der Waals surface area contributed by atoms with Crippen LogP contribution in [0, 0.1) is 5.41 Å². The van der Waals surface area contributed by atoms with Crippen molar-refractivity contribution in [1.29, 1.82) is 5.41 Å². The van der Waals surface area contributed by atoms with Crippen molar-refractivity contribution in [2.24, 2.45) is 5.14 Å². The molecule has 0 atom stereocenters. The first kappa shape index (κ1) is 23.9. The molecule has 0 saturated carbocycles. The van der Waals surface area contributed by atoms with Crippen LogP contribution < -0.4 is 20.8 Å². The summed E-state index contributed by atoms with van der Waals surface area (Å²) in [5, 5.41) is 24.8. The summed E-state index contributed by atoms with van der Waals surface area (Å²) in [6.45, 7) is 2.54. The molecule has 0 aliphatic heterocycles. The van der Waals surface area contributed by atoms with E-state index in [-0.39, 0.29) is 23.2 Å². The van der Waals surface area contributed by atoms with E-state index < -0.39 is 10.0 Å².